The summed E-state index contributed by atoms with van der Waals surface area (Å²) in [5.74, 6) is -0.964. The fourth-order valence-electron chi connectivity index (χ4n) is 1.01. The van der Waals surface area contributed by atoms with Crippen molar-refractivity contribution in [2.75, 3.05) is 0 Å². The van der Waals surface area contributed by atoms with Crippen LogP contribution in [0.4, 0.5) is 0 Å². The van der Waals surface area contributed by atoms with Crippen molar-refractivity contribution in [2.45, 2.75) is 46.1 Å². The molecule has 0 fully saturated rings. The van der Waals surface area contributed by atoms with Gasteiger partial charge < -0.3 is 10.3 Å². The lowest BCUT2D eigenvalue weighted by Gasteiger charge is -2.21. The van der Waals surface area contributed by atoms with Crippen molar-refractivity contribution < 1.29 is 19.1 Å². The lowest BCUT2D eigenvalue weighted by atomic mass is 10.0. The van der Waals surface area contributed by atoms with E-state index in [9.17, 15) is 9.59 Å². The van der Waals surface area contributed by atoms with Gasteiger partial charge in [-0.15, -0.1) is 0 Å². The number of hydrogen-bond donors (Lipinski definition) is 0. The molecule has 1 atom stereocenters. The average Bonchev–Trinajstić information content (AvgIpc) is 2.11. The molecule has 0 aliphatic carbocycles. The Morgan fingerprint density at radius 1 is 1.44 bits per heavy atom. The lowest BCUT2D eigenvalue weighted by Crippen LogP contribution is -2.27. The van der Waals surface area contributed by atoms with E-state index in [-0.39, 0.29) is 24.1 Å². The van der Waals surface area contributed by atoms with E-state index >= 15 is 0 Å². The number of rotatable bonds is 5. The van der Waals surface area contributed by atoms with Gasteiger partial charge in [-0.1, -0.05) is 6.92 Å². The SMILES string of the molecule is CC(CCC(=O)C=[N+]=[N-])C(=O)OC(C)(C)C. The van der Waals surface area contributed by atoms with Crippen molar-refractivity contribution >= 4 is 18.0 Å². The summed E-state index contributed by atoms with van der Waals surface area (Å²) in [4.78, 5) is 25.1. The molecule has 0 aliphatic heterocycles. The lowest BCUT2D eigenvalue weighted by molar-refractivity contribution is -0.159. The smallest absolute Gasteiger partial charge is 0.323 e. The molecule has 0 saturated heterocycles. The van der Waals surface area contributed by atoms with Crippen molar-refractivity contribution in [2.24, 2.45) is 5.92 Å². The van der Waals surface area contributed by atoms with Crippen LogP contribution in [0, 0.1) is 5.92 Å². The Morgan fingerprint density at radius 2 is 2.00 bits per heavy atom. The van der Waals surface area contributed by atoms with Gasteiger partial charge in [0.05, 0.1) is 5.92 Å². The number of nitrogens with zero attached hydrogens (tertiary/aromatic N) is 2. The van der Waals surface area contributed by atoms with Crippen LogP contribution in [0.15, 0.2) is 0 Å². The van der Waals surface area contributed by atoms with Crippen molar-refractivity contribution in [1.82, 2.24) is 0 Å². The summed E-state index contributed by atoms with van der Waals surface area (Å²) in [5, 5.41) is 0. The molecule has 0 rings (SSSR count). The molecule has 0 heterocycles. The first-order chi connectivity index (χ1) is 7.26. The maximum Gasteiger partial charge on any atom is 0.323 e. The van der Waals surface area contributed by atoms with Crippen LogP contribution in [-0.4, -0.2) is 28.4 Å². The van der Waals surface area contributed by atoms with E-state index in [0.29, 0.717) is 6.42 Å². The van der Waals surface area contributed by atoms with Crippen molar-refractivity contribution in [3.8, 4) is 0 Å². The van der Waals surface area contributed by atoms with Crippen LogP contribution in [0.3, 0.4) is 0 Å². The second kappa shape index (κ2) is 6.18. The highest BCUT2D eigenvalue weighted by molar-refractivity contribution is 6.25. The van der Waals surface area contributed by atoms with Crippen LogP contribution in [0.2, 0.25) is 0 Å². The zero-order chi connectivity index (χ0) is 12.8. The maximum absolute atomic E-state index is 11.5. The van der Waals surface area contributed by atoms with E-state index in [1.165, 1.54) is 0 Å². The molecule has 0 amide bonds. The molecular formula is C11H18N2O3. The van der Waals surface area contributed by atoms with Gasteiger partial charge in [0.25, 0.3) is 0 Å². The number of ketones is 1. The van der Waals surface area contributed by atoms with E-state index in [2.05, 4.69) is 4.79 Å². The van der Waals surface area contributed by atoms with Crippen molar-refractivity contribution in [3.63, 3.8) is 0 Å². The molecule has 0 saturated carbocycles. The molecule has 0 aromatic carbocycles. The van der Waals surface area contributed by atoms with Gasteiger partial charge in [0.1, 0.15) is 5.60 Å². The van der Waals surface area contributed by atoms with Gasteiger partial charge in [-0.3, -0.25) is 9.59 Å². The van der Waals surface area contributed by atoms with E-state index in [1.54, 1.807) is 27.7 Å². The summed E-state index contributed by atoms with van der Waals surface area (Å²) < 4.78 is 5.16. The van der Waals surface area contributed by atoms with Gasteiger partial charge >= 0.3 is 12.2 Å². The Bertz CT molecular complexity index is 312. The normalized spacial score (nSPS) is 12.5. The van der Waals surface area contributed by atoms with E-state index in [1.807, 2.05) is 0 Å². The van der Waals surface area contributed by atoms with Crippen LogP contribution in [0.5, 0.6) is 0 Å². The van der Waals surface area contributed by atoms with Crippen LogP contribution >= 0.6 is 0 Å². The largest absolute Gasteiger partial charge is 0.460 e. The molecular weight excluding hydrogens is 208 g/mol. The summed E-state index contributed by atoms with van der Waals surface area (Å²) in [5.41, 5.74) is 7.61. The molecule has 16 heavy (non-hydrogen) atoms. The number of esters is 1. The molecule has 0 aromatic heterocycles. The molecule has 0 bridgehead atoms. The Morgan fingerprint density at radius 3 is 2.44 bits per heavy atom. The first kappa shape index (κ1) is 14.5. The molecule has 0 spiro atoms. The molecule has 0 aliphatic rings. The zero-order valence-electron chi connectivity index (χ0n) is 10.2. The number of Topliss-reactive ketones (excluding diaryl/α,β-unsaturated/α-hetero) is 1. The van der Waals surface area contributed by atoms with Crippen molar-refractivity contribution in [3.05, 3.63) is 5.53 Å². The fourth-order valence-corrected chi connectivity index (χ4v) is 1.01. The second-order valence-electron chi connectivity index (χ2n) is 4.68. The van der Waals surface area contributed by atoms with E-state index < -0.39 is 5.60 Å². The van der Waals surface area contributed by atoms with Crippen LogP contribution in [0.1, 0.15) is 40.5 Å². The summed E-state index contributed by atoms with van der Waals surface area (Å²) in [6.45, 7) is 7.08. The van der Waals surface area contributed by atoms with Crippen LogP contribution in [-0.2, 0) is 14.3 Å². The van der Waals surface area contributed by atoms with Gasteiger partial charge in [-0.05, 0) is 27.2 Å². The summed E-state index contributed by atoms with van der Waals surface area (Å²) in [6.07, 6.45) is 1.39. The minimum Gasteiger partial charge on any atom is -0.460 e. The molecule has 1 unspecified atom stereocenters. The minimum atomic E-state index is -0.512. The molecule has 0 radical (unpaired) electrons. The van der Waals surface area contributed by atoms with Gasteiger partial charge in [0, 0.05) is 6.42 Å². The van der Waals surface area contributed by atoms with Gasteiger partial charge in [-0.2, -0.15) is 4.79 Å². The average molecular weight is 226 g/mol. The third-order valence-electron chi connectivity index (χ3n) is 1.83. The monoisotopic (exact) mass is 226 g/mol. The predicted molar refractivity (Wildman–Crippen MR) is 58.9 cm³/mol. The third-order valence-corrected chi connectivity index (χ3v) is 1.83. The highest BCUT2D eigenvalue weighted by atomic mass is 16.6. The quantitative estimate of drug-likeness (QED) is 0.309. The fraction of sp³-hybridized carbons (Fsp3) is 0.727. The highest BCUT2D eigenvalue weighted by Gasteiger charge is 2.22. The number of ether oxygens (including phenoxy) is 1. The second-order valence-corrected chi connectivity index (χ2v) is 4.68. The first-order valence-electron chi connectivity index (χ1n) is 5.19. The highest BCUT2D eigenvalue weighted by Crippen LogP contribution is 2.14. The summed E-state index contributed by atoms with van der Waals surface area (Å²) in [6, 6.07) is 0. The van der Waals surface area contributed by atoms with E-state index in [4.69, 9.17) is 10.3 Å². The number of hydrogen-bond acceptors (Lipinski definition) is 3. The number of carbonyl (C=O) groups is 2. The molecule has 90 valence electrons. The Balaban J connectivity index is 4.07. The first-order valence-corrected chi connectivity index (χ1v) is 5.19. The standard InChI is InChI=1S/C11H18N2O3/c1-8(5-6-9(14)7-13-12)10(15)16-11(2,3)4/h7-8H,5-6H2,1-4H3. The zero-order valence-corrected chi connectivity index (χ0v) is 10.2. The Labute approximate surface area is 95.4 Å². The predicted octanol–water partition coefficient (Wildman–Crippen LogP) is 1.61. The van der Waals surface area contributed by atoms with Crippen LogP contribution < -0.4 is 0 Å². The molecule has 0 N–H and O–H groups in total. The van der Waals surface area contributed by atoms with Crippen molar-refractivity contribution in [1.29, 1.82) is 0 Å². The molecule has 0 aromatic rings. The van der Waals surface area contributed by atoms with Crippen LogP contribution in [0.25, 0.3) is 5.53 Å². The number of carbonyl (C=O) groups excluding carboxylic acids is 2. The molecule has 5 heteroatoms. The van der Waals surface area contributed by atoms with Gasteiger partial charge in [0.2, 0.25) is 5.78 Å². The topological polar surface area (TPSA) is 79.8 Å². The van der Waals surface area contributed by atoms with Gasteiger partial charge in [0.15, 0.2) is 0 Å². The maximum atomic E-state index is 11.5. The Hall–Kier alpha value is -1.48. The Kier molecular flexibility index (Phi) is 5.61. The van der Waals surface area contributed by atoms with E-state index in [0.717, 1.165) is 6.21 Å². The third kappa shape index (κ3) is 6.90. The summed E-state index contributed by atoms with van der Waals surface area (Å²) >= 11 is 0. The summed E-state index contributed by atoms with van der Waals surface area (Å²) in [7, 11) is 0. The minimum absolute atomic E-state index is 0.171. The molecule has 5 nitrogen and oxygen atoms in total. The van der Waals surface area contributed by atoms with Gasteiger partial charge in [-0.25, -0.2) is 0 Å².